The van der Waals surface area contributed by atoms with Crippen LogP contribution in [0.4, 0.5) is 0 Å². The SMILES string of the molecule is CCCCOC(C(=O)O[C@@H]1CCCN(C)C1)(c1ccccc1)c1ccccc1. The van der Waals surface area contributed by atoms with Gasteiger partial charge in [0.25, 0.3) is 0 Å². The maximum absolute atomic E-state index is 13.7. The average Bonchev–Trinajstić information content (AvgIpc) is 2.73. The molecule has 4 heteroatoms. The Balaban J connectivity index is 1.99. The topological polar surface area (TPSA) is 38.8 Å². The van der Waals surface area contributed by atoms with E-state index < -0.39 is 5.60 Å². The van der Waals surface area contributed by atoms with Crippen LogP contribution in [0, 0.1) is 0 Å². The molecule has 0 aromatic heterocycles. The highest BCUT2D eigenvalue weighted by Gasteiger charge is 2.46. The lowest BCUT2D eigenvalue weighted by atomic mass is 9.85. The minimum Gasteiger partial charge on any atom is -0.458 e. The van der Waals surface area contributed by atoms with E-state index in [0.29, 0.717) is 6.61 Å². The predicted octanol–water partition coefficient (Wildman–Crippen LogP) is 4.38. The van der Waals surface area contributed by atoms with Crippen molar-refractivity contribution in [2.75, 3.05) is 26.7 Å². The van der Waals surface area contributed by atoms with E-state index in [4.69, 9.17) is 9.47 Å². The van der Waals surface area contributed by atoms with E-state index in [9.17, 15) is 4.79 Å². The number of esters is 1. The normalized spacial score (nSPS) is 18.0. The molecule has 0 spiro atoms. The molecule has 150 valence electrons. The Kier molecular flexibility index (Phi) is 7.24. The lowest BCUT2D eigenvalue weighted by molar-refractivity contribution is -0.176. The number of carbonyl (C=O) groups excluding carboxylic acids is 1. The first kappa shape index (κ1) is 20.6. The quantitative estimate of drug-likeness (QED) is 0.502. The highest BCUT2D eigenvalue weighted by atomic mass is 16.6. The van der Waals surface area contributed by atoms with Crippen LogP contribution in [0.3, 0.4) is 0 Å². The number of rotatable bonds is 8. The van der Waals surface area contributed by atoms with Crippen molar-refractivity contribution in [3.63, 3.8) is 0 Å². The second-order valence-corrected chi connectivity index (χ2v) is 7.55. The van der Waals surface area contributed by atoms with Crippen molar-refractivity contribution in [1.82, 2.24) is 4.90 Å². The first-order valence-corrected chi connectivity index (χ1v) is 10.3. The largest absolute Gasteiger partial charge is 0.458 e. The molecule has 2 aromatic carbocycles. The molecule has 1 fully saturated rings. The molecule has 0 aliphatic carbocycles. The monoisotopic (exact) mass is 381 g/mol. The van der Waals surface area contributed by atoms with Gasteiger partial charge in [0.15, 0.2) is 0 Å². The smallest absolute Gasteiger partial charge is 0.348 e. The summed E-state index contributed by atoms with van der Waals surface area (Å²) in [5.74, 6) is -0.318. The summed E-state index contributed by atoms with van der Waals surface area (Å²) in [5, 5.41) is 0. The summed E-state index contributed by atoms with van der Waals surface area (Å²) in [5.41, 5.74) is 0.381. The Bertz CT molecular complexity index is 693. The van der Waals surface area contributed by atoms with Gasteiger partial charge in [-0.2, -0.15) is 0 Å². The van der Waals surface area contributed by atoms with Crippen LogP contribution in [0.1, 0.15) is 43.7 Å². The number of likely N-dealkylation sites (N-methyl/N-ethyl adjacent to an activating group) is 1. The Morgan fingerprint density at radius 1 is 1.07 bits per heavy atom. The fraction of sp³-hybridized carbons (Fsp3) is 0.458. The lowest BCUT2D eigenvalue weighted by Gasteiger charge is -2.36. The van der Waals surface area contributed by atoms with Crippen LogP contribution in [0.2, 0.25) is 0 Å². The van der Waals surface area contributed by atoms with Gasteiger partial charge in [-0.3, -0.25) is 0 Å². The van der Waals surface area contributed by atoms with Crippen LogP contribution >= 0.6 is 0 Å². The summed E-state index contributed by atoms with van der Waals surface area (Å²) in [7, 11) is 2.07. The first-order valence-electron chi connectivity index (χ1n) is 10.3. The van der Waals surface area contributed by atoms with Crippen molar-refractivity contribution in [1.29, 1.82) is 0 Å². The zero-order valence-electron chi connectivity index (χ0n) is 17.0. The predicted molar refractivity (Wildman–Crippen MR) is 111 cm³/mol. The maximum atomic E-state index is 13.7. The summed E-state index contributed by atoms with van der Waals surface area (Å²) in [6, 6.07) is 19.5. The van der Waals surface area contributed by atoms with Crippen molar-refractivity contribution in [2.24, 2.45) is 0 Å². The molecule has 2 aromatic rings. The van der Waals surface area contributed by atoms with Crippen LogP contribution in [0.15, 0.2) is 60.7 Å². The maximum Gasteiger partial charge on any atom is 0.348 e. The summed E-state index contributed by atoms with van der Waals surface area (Å²) >= 11 is 0. The molecule has 0 bridgehead atoms. The molecule has 0 N–H and O–H groups in total. The van der Waals surface area contributed by atoms with Gasteiger partial charge < -0.3 is 14.4 Å². The van der Waals surface area contributed by atoms with Gasteiger partial charge >= 0.3 is 5.97 Å². The molecule has 0 unspecified atom stereocenters. The second-order valence-electron chi connectivity index (χ2n) is 7.55. The molecular formula is C24H31NO3. The average molecular weight is 382 g/mol. The third kappa shape index (κ3) is 4.62. The molecule has 28 heavy (non-hydrogen) atoms. The van der Waals surface area contributed by atoms with Gasteiger partial charge in [-0.25, -0.2) is 4.79 Å². The number of nitrogens with zero attached hydrogens (tertiary/aromatic N) is 1. The van der Waals surface area contributed by atoms with Gasteiger partial charge in [-0.1, -0.05) is 74.0 Å². The van der Waals surface area contributed by atoms with E-state index in [1.807, 2.05) is 60.7 Å². The van der Waals surface area contributed by atoms with Gasteiger partial charge in [-0.15, -0.1) is 0 Å². The van der Waals surface area contributed by atoms with Crippen molar-refractivity contribution in [3.05, 3.63) is 71.8 Å². The Morgan fingerprint density at radius 3 is 2.21 bits per heavy atom. The standard InChI is InChI=1S/C24H31NO3/c1-3-4-18-27-24(20-12-7-5-8-13-20,21-14-9-6-10-15-21)23(26)28-22-16-11-17-25(2)19-22/h5-10,12-15,22H,3-4,11,16-19H2,1-2H3/t22-/m1/s1. The number of benzene rings is 2. The third-order valence-corrected chi connectivity index (χ3v) is 5.32. The molecule has 4 nitrogen and oxygen atoms in total. The van der Waals surface area contributed by atoms with Gasteiger partial charge in [0.2, 0.25) is 5.60 Å². The molecule has 1 atom stereocenters. The molecule has 1 saturated heterocycles. The summed E-state index contributed by atoms with van der Waals surface area (Å²) in [6.45, 7) is 4.43. The molecule has 0 amide bonds. The van der Waals surface area contributed by atoms with Gasteiger partial charge in [0, 0.05) is 13.2 Å². The summed E-state index contributed by atoms with van der Waals surface area (Å²) in [6.07, 6.45) is 3.72. The minimum absolute atomic E-state index is 0.104. The molecule has 1 heterocycles. The molecule has 1 aliphatic heterocycles. The minimum atomic E-state index is -1.24. The van der Waals surface area contributed by atoms with Crippen LogP contribution in [0.25, 0.3) is 0 Å². The number of unbranched alkanes of at least 4 members (excludes halogenated alkanes) is 1. The van der Waals surface area contributed by atoms with Crippen molar-refractivity contribution in [3.8, 4) is 0 Å². The highest BCUT2D eigenvalue weighted by molar-refractivity contribution is 5.86. The van der Waals surface area contributed by atoms with Gasteiger partial charge in [0.05, 0.1) is 0 Å². The van der Waals surface area contributed by atoms with E-state index in [0.717, 1.165) is 49.9 Å². The van der Waals surface area contributed by atoms with Crippen LogP contribution in [-0.4, -0.2) is 43.7 Å². The lowest BCUT2D eigenvalue weighted by Crippen LogP contribution is -2.46. The number of hydrogen-bond donors (Lipinski definition) is 0. The van der Waals surface area contributed by atoms with Gasteiger partial charge in [-0.05, 0) is 44.0 Å². The Hall–Kier alpha value is -2.17. The molecular weight excluding hydrogens is 350 g/mol. The Labute approximate surface area is 168 Å². The van der Waals surface area contributed by atoms with Crippen LogP contribution in [0.5, 0.6) is 0 Å². The number of carbonyl (C=O) groups is 1. The van der Waals surface area contributed by atoms with Crippen molar-refractivity contribution < 1.29 is 14.3 Å². The fourth-order valence-corrected chi connectivity index (χ4v) is 3.79. The number of ether oxygens (including phenoxy) is 2. The molecule has 1 aliphatic rings. The third-order valence-electron chi connectivity index (χ3n) is 5.32. The van der Waals surface area contributed by atoms with Gasteiger partial charge in [0.1, 0.15) is 6.10 Å². The van der Waals surface area contributed by atoms with Crippen molar-refractivity contribution >= 4 is 5.97 Å². The van der Waals surface area contributed by atoms with E-state index in [2.05, 4.69) is 18.9 Å². The second kappa shape index (κ2) is 9.85. The number of hydrogen-bond acceptors (Lipinski definition) is 4. The van der Waals surface area contributed by atoms with Crippen LogP contribution in [-0.2, 0) is 19.9 Å². The van der Waals surface area contributed by atoms with E-state index >= 15 is 0 Å². The van der Waals surface area contributed by atoms with E-state index in [1.54, 1.807) is 0 Å². The highest BCUT2D eigenvalue weighted by Crippen LogP contribution is 2.36. The summed E-state index contributed by atoms with van der Waals surface area (Å²) in [4.78, 5) is 15.9. The number of piperidine rings is 1. The van der Waals surface area contributed by atoms with E-state index in [1.165, 1.54) is 0 Å². The molecule has 0 radical (unpaired) electrons. The van der Waals surface area contributed by atoms with Crippen molar-refractivity contribution in [2.45, 2.75) is 44.3 Å². The van der Waals surface area contributed by atoms with E-state index in [-0.39, 0.29) is 12.1 Å². The summed E-state index contributed by atoms with van der Waals surface area (Å²) < 4.78 is 12.4. The van der Waals surface area contributed by atoms with Crippen LogP contribution < -0.4 is 0 Å². The Morgan fingerprint density at radius 2 is 1.68 bits per heavy atom. The molecule has 0 saturated carbocycles. The number of likely N-dealkylation sites (tertiary alicyclic amines) is 1. The zero-order valence-corrected chi connectivity index (χ0v) is 17.0. The first-order chi connectivity index (χ1) is 13.7. The fourth-order valence-electron chi connectivity index (χ4n) is 3.79. The zero-order chi connectivity index (χ0) is 19.8. The molecule has 3 rings (SSSR count).